The van der Waals surface area contributed by atoms with Gasteiger partial charge in [-0.25, -0.2) is 0 Å². The summed E-state index contributed by atoms with van der Waals surface area (Å²) >= 11 is 0. The van der Waals surface area contributed by atoms with E-state index in [2.05, 4.69) is 5.32 Å². The fourth-order valence-electron chi connectivity index (χ4n) is 3.21. The monoisotopic (exact) mass is 415 g/mol. The van der Waals surface area contributed by atoms with Crippen molar-refractivity contribution in [1.82, 2.24) is 5.32 Å². The Labute approximate surface area is 178 Å². The van der Waals surface area contributed by atoms with Crippen molar-refractivity contribution in [1.29, 1.82) is 0 Å². The van der Waals surface area contributed by atoms with Gasteiger partial charge in [-0.15, -0.1) is 0 Å². The van der Waals surface area contributed by atoms with Crippen LogP contribution in [0.15, 0.2) is 42.5 Å². The molecule has 0 aliphatic rings. The molecule has 2 aromatic rings. The Balaban J connectivity index is 2.34. The number of nitrogens with two attached hydrogens (primary N) is 2. The lowest BCUT2D eigenvalue weighted by atomic mass is 9.96. The maximum Gasteiger partial charge on any atom is 0.237 e. The zero-order valence-corrected chi connectivity index (χ0v) is 18.0. The number of hydrogen-bond acceptors (Lipinski definition) is 6. The van der Waals surface area contributed by atoms with E-state index in [4.69, 9.17) is 25.7 Å². The molecule has 1 amide bonds. The summed E-state index contributed by atoms with van der Waals surface area (Å²) in [5.74, 6) is 1.84. The van der Waals surface area contributed by atoms with Crippen molar-refractivity contribution in [2.75, 3.05) is 27.4 Å². The van der Waals surface area contributed by atoms with E-state index in [0.29, 0.717) is 31.1 Å². The van der Waals surface area contributed by atoms with E-state index in [-0.39, 0.29) is 5.91 Å². The Morgan fingerprint density at radius 2 is 1.73 bits per heavy atom. The first-order valence-electron chi connectivity index (χ1n) is 10.2. The topological polar surface area (TPSA) is 109 Å². The molecule has 0 aromatic heterocycles. The maximum atomic E-state index is 12.8. The Morgan fingerprint density at radius 1 is 1.03 bits per heavy atom. The Hall–Kier alpha value is -2.77. The van der Waals surface area contributed by atoms with Gasteiger partial charge in [-0.2, -0.15) is 0 Å². The summed E-state index contributed by atoms with van der Waals surface area (Å²) in [4.78, 5) is 12.8. The van der Waals surface area contributed by atoms with Crippen LogP contribution in [0.25, 0.3) is 0 Å². The number of unbranched alkanes of at least 4 members (excludes halogenated alkanes) is 1. The molecule has 2 atom stereocenters. The van der Waals surface area contributed by atoms with Gasteiger partial charge in [0.05, 0.1) is 32.9 Å². The Morgan fingerprint density at radius 3 is 2.33 bits per heavy atom. The molecular formula is C23H33N3O4. The average Bonchev–Trinajstić information content (AvgIpc) is 2.78. The second-order valence-electron chi connectivity index (χ2n) is 6.94. The maximum absolute atomic E-state index is 12.8. The minimum Gasteiger partial charge on any atom is -0.497 e. The number of ether oxygens (including phenoxy) is 3. The van der Waals surface area contributed by atoms with Gasteiger partial charge in [0.15, 0.2) is 0 Å². The molecule has 0 aliphatic heterocycles. The standard InChI is InChI=1S/C23H33N3O4/c1-4-30-17-10-8-16(9-11-17)22(26-23(27)20(25)7-5-6-14-24)19-13-12-18(28-2)15-21(19)29-3/h8-13,15,20,22H,4-7,14,24-25H2,1-3H3,(H,26,27). The molecule has 0 saturated carbocycles. The zero-order valence-electron chi connectivity index (χ0n) is 18.0. The fraction of sp³-hybridized carbons (Fsp3) is 0.435. The van der Waals surface area contributed by atoms with Gasteiger partial charge in [0, 0.05) is 11.6 Å². The molecule has 0 radical (unpaired) electrons. The van der Waals surface area contributed by atoms with Crippen molar-refractivity contribution in [3.05, 3.63) is 53.6 Å². The third-order valence-electron chi connectivity index (χ3n) is 4.87. The predicted octanol–water partition coefficient (Wildman–Crippen LogP) is 2.76. The summed E-state index contributed by atoms with van der Waals surface area (Å²) < 4.78 is 16.4. The van der Waals surface area contributed by atoms with Crippen molar-refractivity contribution in [3.63, 3.8) is 0 Å². The summed E-state index contributed by atoms with van der Waals surface area (Å²) in [5, 5.41) is 3.08. The molecule has 7 nitrogen and oxygen atoms in total. The minimum absolute atomic E-state index is 0.219. The van der Waals surface area contributed by atoms with Crippen molar-refractivity contribution < 1.29 is 19.0 Å². The van der Waals surface area contributed by atoms with Gasteiger partial charge in [0.1, 0.15) is 17.2 Å². The smallest absolute Gasteiger partial charge is 0.237 e. The number of carbonyl (C=O) groups is 1. The third-order valence-corrected chi connectivity index (χ3v) is 4.87. The van der Waals surface area contributed by atoms with E-state index in [0.717, 1.165) is 29.7 Å². The van der Waals surface area contributed by atoms with Gasteiger partial charge < -0.3 is 31.0 Å². The summed E-state index contributed by atoms with van der Waals surface area (Å²) in [7, 11) is 3.19. The second kappa shape index (κ2) is 12.0. The summed E-state index contributed by atoms with van der Waals surface area (Å²) in [6, 6.07) is 12.1. The predicted molar refractivity (Wildman–Crippen MR) is 118 cm³/mol. The highest BCUT2D eigenvalue weighted by Gasteiger charge is 2.24. The van der Waals surface area contributed by atoms with Crippen LogP contribution in [-0.2, 0) is 4.79 Å². The van der Waals surface area contributed by atoms with Crippen LogP contribution in [0.5, 0.6) is 17.2 Å². The largest absolute Gasteiger partial charge is 0.497 e. The summed E-state index contributed by atoms with van der Waals surface area (Å²) in [5.41, 5.74) is 13.4. The van der Waals surface area contributed by atoms with E-state index < -0.39 is 12.1 Å². The molecule has 0 bridgehead atoms. The number of nitrogens with one attached hydrogen (secondary N) is 1. The van der Waals surface area contributed by atoms with Gasteiger partial charge in [-0.05, 0) is 56.1 Å². The number of benzene rings is 2. The zero-order chi connectivity index (χ0) is 21.9. The van der Waals surface area contributed by atoms with Crippen LogP contribution in [0, 0.1) is 0 Å². The molecule has 0 heterocycles. The van der Waals surface area contributed by atoms with Crippen molar-refractivity contribution >= 4 is 5.91 Å². The lowest BCUT2D eigenvalue weighted by Gasteiger charge is -2.24. The van der Waals surface area contributed by atoms with Crippen LogP contribution in [0.3, 0.4) is 0 Å². The van der Waals surface area contributed by atoms with Gasteiger partial charge in [-0.3, -0.25) is 4.79 Å². The molecule has 0 saturated heterocycles. The lowest BCUT2D eigenvalue weighted by molar-refractivity contribution is -0.123. The van der Waals surface area contributed by atoms with Gasteiger partial charge in [0.25, 0.3) is 0 Å². The highest BCUT2D eigenvalue weighted by atomic mass is 16.5. The minimum atomic E-state index is -0.606. The molecule has 5 N–H and O–H groups in total. The number of rotatable bonds is 12. The van der Waals surface area contributed by atoms with Crippen LogP contribution in [-0.4, -0.2) is 39.3 Å². The Bertz CT molecular complexity index is 796. The summed E-state index contributed by atoms with van der Waals surface area (Å²) in [6.45, 7) is 3.11. The SMILES string of the molecule is CCOc1ccc(C(NC(=O)C(N)CCCCN)c2ccc(OC)cc2OC)cc1. The second-order valence-corrected chi connectivity index (χ2v) is 6.94. The first-order chi connectivity index (χ1) is 14.5. The molecule has 164 valence electrons. The molecule has 7 heteroatoms. The molecule has 2 aromatic carbocycles. The number of hydrogen-bond donors (Lipinski definition) is 3. The van der Waals surface area contributed by atoms with Crippen molar-refractivity contribution in [3.8, 4) is 17.2 Å². The number of amides is 1. The lowest BCUT2D eigenvalue weighted by Crippen LogP contribution is -2.42. The first-order valence-corrected chi connectivity index (χ1v) is 10.2. The third kappa shape index (κ3) is 6.37. The van der Waals surface area contributed by atoms with E-state index in [1.54, 1.807) is 20.3 Å². The molecule has 2 unspecified atom stereocenters. The van der Waals surface area contributed by atoms with Crippen LogP contribution in [0.2, 0.25) is 0 Å². The van der Waals surface area contributed by atoms with Crippen molar-refractivity contribution in [2.45, 2.75) is 38.3 Å². The molecule has 30 heavy (non-hydrogen) atoms. The van der Waals surface area contributed by atoms with Gasteiger partial charge in [-0.1, -0.05) is 18.6 Å². The normalized spacial score (nSPS) is 12.7. The molecule has 2 rings (SSSR count). The highest BCUT2D eigenvalue weighted by molar-refractivity contribution is 5.82. The fourth-order valence-corrected chi connectivity index (χ4v) is 3.21. The molecule has 0 spiro atoms. The van der Waals surface area contributed by atoms with E-state index in [9.17, 15) is 4.79 Å². The van der Waals surface area contributed by atoms with E-state index >= 15 is 0 Å². The Kier molecular flexibility index (Phi) is 9.44. The first kappa shape index (κ1) is 23.5. The van der Waals surface area contributed by atoms with E-state index in [1.165, 1.54) is 0 Å². The molecule has 0 aliphatic carbocycles. The number of carbonyl (C=O) groups excluding carboxylic acids is 1. The van der Waals surface area contributed by atoms with Crippen LogP contribution >= 0.6 is 0 Å². The highest BCUT2D eigenvalue weighted by Crippen LogP contribution is 2.34. The van der Waals surface area contributed by atoms with Gasteiger partial charge in [0.2, 0.25) is 5.91 Å². The van der Waals surface area contributed by atoms with E-state index in [1.807, 2.05) is 43.3 Å². The molecular weight excluding hydrogens is 382 g/mol. The quantitative estimate of drug-likeness (QED) is 0.460. The van der Waals surface area contributed by atoms with Crippen LogP contribution < -0.4 is 31.0 Å². The van der Waals surface area contributed by atoms with Crippen LogP contribution in [0.1, 0.15) is 43.4 Å². The number of methoxy groups -OCH3 is 2. The summed E-state index contributed by atoms with van der Waals surface area (Å²) in [6.07, 6.45) is 2.24. The molecule has 0 fully saturated rings. The van der Waals surface area contributed by atoms with Gasteiger partial charge >= 0.3 is 0 Å². The van der Waals surface area contributed by atoms with Crippen LogP contribution in [0.4, 0.5) is 0 Å². The van der Waals surface area contributed by atoms with Crippen molar-refractivity contribution in [2.24, 2.45) is 11.5 Å². The average molecular weight is 416 g/mol.